The number of fused-ring (bicyclic) bond motifs is 1. The molecule has 0 atom stereocenters. The highest BCUT2D eigenvalue weighted by molar-refractivity contribution is 5.93. The Morgan fingerprint density at radius 3 is 2.50 bits per heavy atom. The fourth-order valence-electron chi connectivity index (χ4n) is 1.53. The third-order valence-electron chi connectivity index (χ3n) is 2.34. The first-order chi connectivity index (χ1) is 8.45. The predicted octanol–water partition coefficient (Wildman–Crippen LogP) is 2.36. The smallest absolute Gasteiger partial charge is 0.354 e. The van der Waals surface area contributed by atoms with Crippen LogP contribution in [0.1, 0.15) is 10.5 Å². The number of aromatic nitrogens is 1. The Hall–Kier alpha value is -2.31. The SMILES string of the molecule is COc1cc(C(=O)O)nc2cc(F)c(F)c(F)c12. The molecule has 2 aromatic rings. The van der Waals surface area contributed by atoms with E-state index in [1.807, 2.05) is 0 Å². The fourth-order valence-corrected chi connectivity index (χ4v) is 1.53. The maximum atomic E-state index is 13.6. The number of methoxy groups -OCH3 is 1. The van der Waals surface area contributed by atoms with Crippen LogP contribution in [0.2, 0.25) is 0 Å². The van der Waals surface area contributed by atoms with E-state index in [-0.39, 0.29) is 11.3 Å². The minimum atomic E-state index is -1.66. The number of nitrogens with zero attached hydrogens (tertiary/aromatic N) is 1. The number of aromatic carboxylic acids is 1. The quantitative estimate of drug-likeness (QED) is 0.839. The fraction of sp³-hybridized carbons (Fsp3) is 0.0909. The van der Waals surface area contributed by atoms with E-state index >= 15 is 0 Å². The van der Waals surface area contributed by atoms with Crippen LogP contribution in [0.25, 0.3) is 10.9 Å². The molecular weight excluding hydrogens is 251 g/mol. The molecule has 0 saturated carbocycles. The van der Waals surface area contributed by atoms with E-state index in [9.17, 15) is 18.0 Å². The Kier molecular flexibility index (Phi) is 2.82. The molecule has 0 unspecified atom stereocenters. The molecule has 0 saturated heterocycles. The van der Waals surface area contributed by atoms with E-state index in [2.05, 4.69) is 4.98 Å². The molecule has 1 aromatic carbocycles. The van der Waals surface area contributed by atoms with E-state index in [1.165, 1.54) is 0 Å². The van der Waals surface area contributed by atoms with Crippen LogP contribution in [-0.2, 0) is 0 Å². The van der Waals surface area contributed by atoms with Crippen molar-refractivity contribution in [1.82, 2.24) is 4.98 Å². The molecule has 0 amide bonds. The average molecular weight is 257 g/mol. The van der Waals surface area contributed by atoms with Gasteiger partial charge in [-0.2, -0.15) is 0 Å². The van der Waals surface area contributed by atoms with Crippen molar-refractivity contribution < 1.29 is 27.8 Å². The summed E-state index contributed by atoms with van der Waals surface area (Å²) in [6.07, 6.45) is 0. The van der Waals surface area contributed by atoms with E-state index in [0.29, 0.717) is 6.07 Å². The highest BCUT2D eigenvalue weighted by Crippen LogP contribution is 2.30. The maximum absolute atomic E-state index is 13.6. The lowest BCUT2D eigenvalue weighted by molar-refractivity contribution is 0.0690. The summed E-state index contributed by atoms with van der Waals surface area (Å²) in [4.78, 5) is 14.3. The molecule has 4 nitrogen and oxygen atoms in total. The van der Waals surface area contributed by atoms with E-state index < -0.39 is 34.5 Å². The van der Waals surface area contributed by atoms with E-state index in [1.54, 1.807) is 0 Å². The normalized spacial score (nSPS) is 10.7. The number of benzene rings is 1. The summed E-state index contributed by atoms with van der Waals surface area (Å²) in [5.74, 6) is -6.19. The monoisotopic (exact) mass is 257 g/mol. The maximum Gasteiger partial charge on any atom is 0.354 e. The summed E-state index contributed by atoms with van der Waals surface area (Å²) in [6, 6.07) is 1.55. The van der Waals surface area contributed by atoms with Crippen molar-refractivity contribution >= 4 is 16.9 Å². The zero-order valence-corrected chi connectivity index (χ0v) is 9.00. The average Bonchev–Trinajstić information content (AvgIpc) is 2.34. The summed E-state index contributed by atoms with van der Waals surface area (Å²) in [7, 11) is 1.15. The van der Waals surface area contributed by atoms with Gasteiger partial charge in [-0.25, -0.2) is 22.9 Å². The topological polar surface area (TPSA) is 59.4 Å². The molecule has 94 valence electrons. The van der Waals surface area contributed by atoms with Crippen molar-refractivity contribution in [3.05, 3.63) is 35.3 Å². The minimum Gasteiger partial charge on any atom is -0.496 e. The van der Waals surface area contributed by atoms with Crippen LogP contribution in [0.3, 0.4) is 0 Å². The van der Waals surface area contributed by atoms with E-state index in [4.69, 9.17) is 9.84 Å². The second-order valence-corrected chi connectivity index (χ2v) is 3.40. The molecule has 1 heterocycles. The highest BCUT2D eigenvalue weighted by atomic mass is 19.2. The Morgan fingerprint density at radius 2 is 1.94 bits per heavy atom. The van der Waals surface area contributed by atoms with Gasteiger partial charge in [0.1, 0.15) is 5.75 Å². The molecular formula is C11H6F3NO3. The van der Waals surface area contributed by atoms with Gasteiger partial charge in [0.15, 0.2) is 23.1 Å². The van der Waals surface area contributed by atoms with Crippen LogP contribution in [0.15, 0.2) is 12.1 Å². The van der Waals surface area contributed by atoms with Gasteiger partial charge >= 0.3 is 5.97 Å². The zero-order valence-electron chi connectivity index (χ0n) is 9.00. The number of carbonyl (C=O) groups is 1. The van der Waals surface area contributed by atoms with Crippen molar-refractivity contribution in [2.24, 2.45) is 0 Å². The summed E-state index contributed by atoms with van der Waals surface area (Å²) >= 11 is 0. The summed E-state index contributed by atoms with van der Waals surface area (Å²) in [5, 5.41) is 8.38. The number of ether oxygens (including phenoxy) is 1. The van der Waals surface area contributed by atoms with Gasteiger partial charge in [-0.3, -0.25) is 0 Å². The third kappa shape index (κ3) is 1.73. The van der Waals surface area contributed by atoms with Crippen LogP contribution >= 0.6 is 0 Å². The van der Waals surface area contributed by atoms with Gasteiger partial charge < -0.3 is 9.84 Å². The number of hydrogen-bond donors (Lipinski definition) is 1. The molecule has 0 fully saturated rings. The first kappa shape index (κ1) is 12.2. The van der Waals surface area contributed by atoms with Crippen molar-refractivity contribution in [3.8, 4) is 5.75 Å². The molecule has 1 aromatic heterocycles. The summed E-state index contributed by atoms with van der Waals surface area (Å²) < 4.78 is 44.4. The van der Waals surface area contributed by atoms with Crippen molar-refractivity contribution in [1.29, 1.82) is 0 Å². The minimum absolute atomic E-state index is 0.228. The van der Waals surface area contributed by atoms with Gasteiger partial charge in [0.05, 0.1) is 18.0 Å². The molecule has 0 bridgehead atoms. The summed E-state index contributed by atoms with van der Waals surface area (Å²) in [6.45, 7) is 0. The highest BCUT2D eigenvalue weighted by Gasteiger charge is 2.20. The van der Waals surface area contributed by atoms with Crippen molar-refractivity contribution in [3.63, 3.8) is 0 Å². The van der Waals surface area contributed by atoms with Crippen molar-refractivity contribution in [2.75, 3.05) is 7.11 Å². The molecule has 0 aliphatic heterocycles. The Bertz CT molecular complexity index is 658. The van der Waals surface area contributed by atoms with Crippen LogP contribution in [0.5, 0.6) is 5.75 Å². The molecule has 0 radical (unpaired) electrons. The van der Waals surface area contributed by atoms with Crippen LogP contribution in [0.4, 0.5) is 13.2 Å². The van der Waals surface area contributed by atoms with Gasteiger partial charge in [-0.15, -0.1) is 0 Å². The second-order valence-electron chi connectivity index (χ2n) is 3.40. The molecule has 0 aliphatic carbocycles. The lowest BCUT2D eigenvalue weighted by Crippen LogP contribution is -2.04. The molecule has 7 heteroatoms. The number of carboxylic acids is 1. The van der Waals surface area contributed by atoms with E-state index in [0.717, 1.165) is 13.2 Å². The molecule has 18 heavy (non-hydrogen) atoms. The number of hydrogen-bond acceptors (Lipinski definition) is 3. The first-order valence-corrected chi connectivity index (χ1v) is 4.71. The van der Waals surface area contributed by atoms with Gasteiger partial charge in [-0.1, -0.05) is 0 Å². The summed E-state index contributed by atoms with van der Waals surface area (Å²) in [5.41, 5.74) is -0.784. The van der Waals surface area contributed by atoms with Crippen LogP contribution in [-0.4, -0.2) is 23.2 Å². The largest absolute Gasteiger partial charge is 0.496 e. The van der Waals surface area contributed by atoms with Gasteiger partial charge in [0.25, 0.3) is 0 Å². The Morgan fingerprint density at radius 1 is 1.28 bits per heavy atom. The predicted molar refractivity (Wildman–Crippen MR) is 55.1 cm³/mol. The number of carboxylic acid groups (broad SMARTS) is 1. The lowest BCUT2D eigenvalue weighted by Gasteiger charge is -2.08. The van der Waals surface area contributed by atoms with Gasteiger partial charge in [0.2, 0.25) is 0 Å². The van der Waals surface area contributed by atoms with Crippen molar-refractivity contribution in [2.45, 2.75) is 0 Å². The standard InChI is InChI=1S/C11H6F3NO3/c1-18-7-3-6(11(16)17)15-5-2-4(12)9(13)10(14)8(5)7/h2-3H,1H3,(H,16,17). The lowest BCUT2D eigenvalue weighted by atomic mass is 10.1. The molecule has 2 rings (SSSR count). The molecule has 0 aliphatic rings. The second kappa shape index (κ2) is 4.17. The number of rotatable bonds is 2. The molecule has 0 spiro atoms. The van der Waals surface area contributed by atoms with Gasteiger partial charge in [0, 0.05) is 12.1 Å². The Labute approximate surface area is 98.6 Å². The zero-order chi connectivity index (χ0) is 13.4. The number of halogens is 3. The first-order valence-electron chi connectivity index (χ1n) is 4.71. The Balaban J connectivity index is 2.92. The van der Waals surface area contributed by atoms with Crippen LogP contribution < -0.4 is 4.74 Å². The number of pyridine rings is 1. The van der Waals surface area contributed by atoms with Crippen LogP contribution in [0, 0.1) is 17.5 Å². The van der Waals surface area contributed by atoms with Gasteiger partial charge in [-0.05, 0) is 0 Å². The molecule has 1 N–H and O–H groups in total. The third-order valence-corrected chi connectivity index (χ3v) is 2.34.